The van der Waals surface area contributed by atoms with E-state index in [0.29, 0.717) is 12.3 Å². The maximum atomic E-state index is 11.1. The lowest BCUT2D eigenvalue weighted by Crippen LogP contribution is -2.21. The largest absolute Gasteiger partial charge is 0.499 e. The normalized spacial score (nSPS) is 10.9. The van der Waals surface area contributed by atoms with Gasteiger partial charge in [-0.2, -0.15) is 0 Å². The van der Waals surface area contributed by atoms with Crippen LogP contribution in [0.25, 0.3) is 0 Å². The molecule has 0 aliphatic carbocycles. The van der Waals surface area contributed by atoms with Gasteiger partial charge >= 0.3 is 5.97 Å². The van der Waals surface area contributed by atoms with Crippen molar-refractivity contribution < 1.29 is 14.3 Å². The van der Waals surface area contributed by atoms with Gasteiger partial charge in [-0.15, -0.1) is 0 Å². The molecule has 1 aromatic rings. The molecule has 4 heteroatoms. The predicted molar refractivity (Wildman–Crippen MR) is 66.8 cm³/mol. The highest BCUT2D eigenvalue weighted by Crippen LogP contribution is 2.12. The molecule has 0 saturated carbocycles. The molecule has 92 valence electrons. The van der Waals surface area contributed by atoms with Crippen molar-refractivity contribution in [1.82, 2.24) is 0 Å². The SMILES string of the molecule is COC(=O)C=C(CN(C)c1ccccc1)OC. The first-order valence-electron chi connectivity index (χ1n) is 5.26. The molecule has 1 rings (SSSR count). The van der Waals surface area contributed by atoms with Gasteiger partial charge in [0.05, 0.1) is 26.8 Å². The minimum Gasteiger partial charge on any atom is -0.499 e. The third-order valence-electron chi connectivity index (χ3n) is 2.33. The molecular formula is C13H17NO3. The van der Waals surface area contributed by atoms with E-state index in [1.165, 1.54) is 20.3 Å². The van der Waals surface area contributed by atoms with Gasteiger partial charge in [-0.1, -0.05) is 18.2 Å². The molecule has 0 heterocycles. The second-order valence-electron chi connectivity index (χ2n) is 3.53. The van der Waals surface area contributed by atoms with E-state index in [2.05, 4.69) is 4.74 Å². The number of carbonyl (C=O) groups excluding carboxylic acids is 1. The van der Waals surface area contributed by atoms with Crippen molar-refractivity contribution in [2.75, 3.05) is 32.7 Å². The maximum absolute atomic E-state index is 11.1. The van der Waals surface area contributed by atoms with Gasteiger partial charge in [0.25, 0.3) is 0 Å². The summed E-state index contributed by atoms with van der Waals surface area (Å²) in [5, 5.41) is 0. The molecule has 0 fully saturated rings. The Hall–Kier alpha value is -1.97. The minimum absolute atomic E-state index is 0.414. The molecule has 0 unspecified atom stereocenters. The van der Waals surface area contributed by atoms with Crippen molar-refractivity contribution in [3.63, 3.8) is 0 Å². The van der Waals surface area contributed by atoms with E-state index in [1.807, 2.05) is 42.3 Å². The van der Waals surface area contributed by atoms with Crippen LogP contribution in [0.1, 0.15) is 0 Å². The summed E-state index contributed by atoms with van der Waals surface area (Å²) in [7, 11) is 4.81. The highest BCUT2D eigenvalue weighted by molar-refractivity contribution is 5.82. The lowest BCUT2D eigenvalue weighted by molar-refractivity contribution is -0.135. The van der Waals surface area contributed by atoms with E-state index < -0.39 is 5.97 Å². The standard InChI is InChI=1S/C13H17NO3/c1-14(11-7-5-4-6-8-11)10-12(16-2)9-13(15)17-3/h4-9H,10H2,1-3H3. The van der Waals surface area contributed by atoms with Crippen molar-refractivity contribution in [2.45, 2.75) is 0 Å². The first kappa shape index (κ1) is 13.1. The van der Waals surface area contributed by atoms with Crippen LogP contribution >= 0.6 is 0 Å². The topological polar surface area (TPSA) is 38.8 Å². The van der Waals surface area contributed by atoms with Gasteiger partial charge in [0.2, 0.25) is 0 Å². The zero-order valence-electron chi connectivity index (χ0n) is 10.3. The van der Waals surface area contributed by atoms with Crippen molar-refractivity contribution in [3.8, 4) is 0 Å². The number of hydrogen-bond donors (Lipinski definition) is 0. The van der Waals surface area contributed by atoms with Crippen molar-refractivity contribution >= 4 is 11.7 Å². The van der Waals surface area contributed by atoms with Crippen molar-refractivity contribution in [3.05, 3.63) is 42.2 Å². The Balaban J connectivity index is 2.69. The van der Waals surface area contributed by atoms with E-state index >= 15 is 0 Å². The lowest BCUT2D eigenvalue weighted by atomic mass is 10.3. The Labute approximate surface area is 101 Å². The quantitative estimate of drug-likeness (QED) is 0.443. The van der Waals surface area contributed by atoms with Crippen LogP contribution in [-0.4, -0.2) is 33.8 Å². The summed E-state index contributed by atoms with van der Waals surface area (Å²) in [5.41, 5.74) is 1.06. The molecule has 0 aliphatic rings. The molecule has 0 atom stereocenters. The summed E-state index contributed by atoms with van der Waals surface area (Å²) in [6.07, 6.45) is 1.35. The second kappa shape index (κ2) is 6.58. The number of hydrogen-bond acceptors (Lipinski definition) is 4. The molecule has 0 bridgehead atoms. The monoisotopic (exact) mass is 235 g/mol. The molecule has 0 saturated heterocycles. The van der Waals surface area contributed by atoms with Gasteiger partial charge in [0.1, 0.15) is 5.76 Å². The smallest absolute Gasteiger partial charge is 0.333 e. The number of benzene rings is 1. The summed E-state index contributed by atoms with van der Waals surface area (Å²) in [5.74, 6) is 0.145. The Kier molecular flexibility index (Phi) is 5.07. The Morgan fingerprint density at radius 3 is 2.41 bits per heavy atom. The molecule has 0 radical (unpaired) electrons. The fraction of sp³-hybridized carbons (Fsp3) is 0.308. The van der Waals surface area contributed by atoms with Crippen LogP contribution in [0, 0.1) is 0 Å². The van der Waals surface area contributed by atoms with Gasteiger partial charge < -0.3 is 14.4 Å². The number of nitrogens with zero attached hydrogens (tertiary/aromatic N) is 1. The number of carbonyl (C=O) groups is 1. The highest BCUT2D eigenvalue weighted by atomic mass is 16.5. The molecule has 0 aromatic heterocycles. The van der Waals surface area contributed by atoms with Crippen LogP contribution in [0.3, 0.4) is 0 Å². The summed E-state index contributed by atoms with van der Waals surface area (Å²) in [4.78, 5) is 13.1. The molecule has 17 heavy (non-hydrogen) atoms. The zero-order valence-corrected chi connectivity index (χ0v) is 10.3. The van der Waals surface area contributed by atoms with Gasteiger partial charge in [-0.25, -0.2) is 4.79 Å². The maximum Gasteiger partial charge on any atom is 0.333 e. The average Bonchev–Trinajstić information content (AvgIpc) is 2.38. The highest BCUT2D eigenvalue weighted by Gasteiger charge is 2.06. The second-order valence-corrected chi connectivity index (χ2v) is 3.53. The summed E-state index contributed by atoms with van der Waals surface area (Å²) >= 11 is 0. The number of ether oxygens (including phenoxy) is 2. The van der Waals surface area contributed by atoms with Crippen molar-refractivity contribution in [1.29, 1.82) is 0 Å². The number of methoxy groups -OCH3 is 2. The Morgan fingerprint density at radius 1 is 1.24 bits per heavy atom. The number of rotatable bonds is 5. The number of anilines is 1. The molecule has 0 N–H and O–H groups in total. The molecule has 0 spiro atoms. The number of likely N-dealkylation sites (N-methyl/N-ethyl adjacent to an activating group) is 1. The van der Waals surface area contributed by atoms with Gasteiger partial charge in [0.15, 0.2) is 0 Å². The molecular weight excluding hydrogens is 218 g/mol. The first-order valence-corrected chi connectivity index (χ1v) is 5.26. The van der Waals surface area contributed by atoms with Crippen LogP contribution in [0.2, 0.25) is 0 Å². The summed E-state index contributed by atoms with van der Waals surface area (Å²) < 4.78 is 9.69. The minimum atomic E-state index is -0.414. The van der Waals surface area contributed by atoms with Gasteiger partial charge in [0, 0.05) is 12.7 Å². The molecule has 1 aromatic carbocycles. The first-order chi connectivity index (χ1) is 8.17. The van der Waals surface area contributed by atoms with Crippen LogP contribution in [-0.2, 0) is 14.3 Å². The summed E-state index contributed by atoms with van der Waals surface area (Å²) in [6.45, 7) is 0.510. The van der Waals surface area contributed by atoms with E-state index in [-0.39, 0.29) is 0 Å². The van der Waals surface area contributed by atoms with E-state index in [9.17, 15) is 4.79 Å². The third-order valence-corrected chi connectivity index (χ3v) is 2.33. The summed E-state index contributed by atoms with van der Waals surface area (Å²) in [6, 6.07) is 9.86. The average molecular weight is 235 g/mol. The third kappa shape index (κ3) is 4.18. The van der Waals surface area contributed by atoms with Crippen LogP contribution in [0.4, 0.5) is 5.69 Å². The van der Waals surface area contributed by atoms with Gasteiger partial charge in [-0.3, -0.25) is 0 Å². The van der Waals surface area contributed by atoms with Crippen LogP contribution < -0.4 is 4.90 Å². The fourth-order valence-corrected chi connectivity index (χ4v) is 1.37. The molecule has 0 aliphatic heterocycles. The Morgan fingerprint density at radius 2 is 1.88 bits per heavy atom. The Bertz CT molecular complexity index is 387. The van der Waals surface area contributed by atoms with E-state index in [1.54, 1.807) is 0 Å². The lowest BCUT2D eigenvalue weighted by Gasteiger charge is -2.20. The predicted octanol–water partition coefficient (Wildman–Crippen LogP) is 1.83. The molecule has 4 nitrogen and oxygen atoms in total. The fourth-order valence-electron chi connectivity index (χ4n) is 1.37. The molecule has 0 amide bonds. The number of para-hydroxylation sites is 1. The zero-order chi connectivity index (χ0) is 12.7. The van der Waals surface area contributed by atoms with Gasteiger partial charge in [-0.05, 0) is 12.1 Å². The number of esters is 1. The van der Waals surface area contributed by atoms with Crippen LogP contribution in [0.5, 0.6) is 0 Å². The van der Waals surface area contributed by atoms with E-state index in [0.717, 1.165) is 5.69 Å². The van der Waals surface area contributed by atoms with Crippen molar-refractivity contribution in [2.24, 2.45) is 0 Å². The van der Waals surface area contributed by atoms with E-state index in [4.69, 9.17) is 4.74 Å². The van der Waals surface area contributed by atoms with Crippen LogP contribution in [0.15, 0.2) is 42.2 Å².